The number of hydrogen-bond acceptors (Lipinski definition) is 4. The summed E-state index contributed by atoms with van der Waals surface area (Å²) in [5, 5.41) is 0. The summed E-state index contributed by atoms with van der Waals surface area (Å²) >= 11 is 0. The lowest BCUT2D eigenvalue weighted by Gasteiger charge is -2.35. The molecule has 0 amide bonds. The van der Waals surface area contributed by atoms with Gasteiger partial charge >= 0.3 is 5.97 Å². The molecule has 0 spiro atoms. The quantitative estimate of drug-likeness (QED) is 0.641. The molecule has 1 aromatic heterocycles. The van der Waals surface area contributed by atoms with Gasteiger partial charge in [0.15, 0.2) is 5.69 Å². The second-order valence-electron chi connectivity index (χ2n) is 5.40. The Morgan fingerprint density at radius 2 is 2.17 bits per heavy atom. The summed E-state index contributed by atoms with van der Waals surface area (Å²) in [5.74, 6) is 0.660. The molecule has 3 rings (SSSR count). The minimum atomic E-state index is -1.12. The first-order valence-corrected chi connectivity index (χ1v) is 7.12. The van der Waals surface area contributed by atoms with Crippen LogP contribution in [0.5, 0.6) is 0 Å². The normalized spacial score (nSPS) is 16.9. The van der Waals surface area contributed by atoms with Crippen LogP contribution in [0.2, 0.25) is 0 Å². The van der Waals surface area contributed by atoms with Crippen LogP contribution in [0.3, 0.4) is 0 Å². The highest BCUT2D eigenvalue weighted by Crippen LogP contribution is 2.26. The lowest BCUT2D eigenvalue weighted by Crippen LogP contribution is -2.52. The molecule has 1 aliphatic heterocycles. The van der Waals surface area contributed by atoms with Crippen LogP contribution in [0.1, 0.15) is 29.0 Å². The van der Waals surface area contributed by atoms with Gasteiger partial charge in [0, 0.05) is 0 Å². The van der Waals surface area contributed by atoms with Gasteiger partial charge in [0.25, 0.3) is 0 Å². The number of imidazole rings is 1. The van der Waals surface area contributed by atoms with Crippen LogP contribution in [0.15, 0.2) is 36.7 Å². The van der Waals surface area contributed by atoms with Crippen molar-refractivity contribution < 1.29 is 18.7 Å². The van der Waals surface area contributed by atoms with Gasteiger partial charge in [0.05, 0.1) is 12.4 Å². The molecule has 0 unspecified atom stereocenters. The molecule has 1 aromatic carbocycles. The van der Waals surface area contributed by atoms with Crippen LogP contribution in [0.4, 0.5) is 4.39 Å². The average molecular weight is 314 g/mol. The van der Waals surface area contributed by atoms with Crippen molar-refractivity contribution in [2.45, 2.75) is 18.6 Å². The van der Waals surface area contributed by atoms with E-state index in [2.05, 4.69) is 10.9 Å². The van der Waals surface area contributed by atoms with E-state index in [1.807, 2.05) is 37.3 Å². The Balaban J connectivity index is 1.90. The maximum atomic E-state index is 14.0. The third-order valence-corrected chi connectivity index (χ3v) is 3.86. The van der Waals surface area contributed by atoms with Gasteiger partial charge in [-0.2, -0.15) is 4.39 Å². The SMILES string of the molecule is C#CC1(OC(=O)c2c(F)ncn2[C@H](C)c2ccccc2)COC1. The van der Waals surface area contributed by atoms with E-state index in [9.17, 15) is 9.18 Å². The van der Waals surface area contributed by atoms with E-state index in [0.29, 0.717) is 0 Å². The molecule has 0 aliphatic carbocycles. The maximum Gasteiger partial charge on any atom is 0.361 e. The highest BCUT2D eigenvalue weighted by atomic mass is 19.1. The van der Waals surface area contributed by atoms with Gasteiger partial charge in [-0.25, -0.2) is 9.78 Å². The van der Waals surface area contributed by atoms with Crippen LogP contribution >= 0.6 is 0 Å². The molecule has 118 valence electrons. The van der Waals surface area contributed by atoms with E-state index in [1.54, 1.807) is 0 Å². The molecule has 1 saturated heterocycles. The summed E-state index contributed by atoms with van der Waals surface area (Å²) < 4.78 is 25.7. The standard InChI is InChI=1S/C17H15FN2O3/c1-3-17(9-22-10-17)23-16(21)14-15(18)19-11-20(14)12(2)13-7-5-4-6-8-13/h1,4-8,11-12H,9-10H2,2H3/t12-/m1/s1. The van der Waals surface area contributed by atoms with Crippen LogP contribution in [-0.2, 0) is 9.47 Å². The summed E-state index contributed by atoms with van der Waals surface area (Å²) in [6.45, 7) is 2.06. The Labute approximate surface area is 133 Å². The van der Waals surface area contributed by atoms with Crippen molar-refractivity contribution in [3.05, 3.63) is 53.9 Å². The number of ether oxygens (including phenoxy) is 2. The van der Waals surface area contributed by atoms with Crippen molar-refractivity contribution in [1.82, 2.24) is 9.55 Å². The molecule has 6 heteroatoms. The number of halogens is 1. The fourth-order valence-corrected chi connectivity index (χ4v) is 2.40. The number of nitrogens with zero attached hydrogens (tertiary/aromatic N) is 2. The second kappa shape index (κ2) is 5.86. The molecular formula is C17H15FN2O3. The van der Waals surface area contributed by atoms with Crippen LogP contribution < -0.4 is 0 Å². The third kappa shape index (κ3) is 2.71. The average Bonchev–Trinajstić information content (AvgIpc) is 2.92. The van der Waals surface area contributed by atoms with E-state index in [1.165, 1.54) is 10.9 Å². The fraction of sp³-hybridized carbons (Fsp3) is 0.294. The lowest BCUT2D eigenvalue weighted by molar-refractivity contribution is -0.146. The summed E-state index contributed by atoms with van der Waals surface area (Å²) in [7, 11) is 0. The number of hydrogen-bond donors (Lipinski definition) is 0. The third-order valence-electron chi connectivity index (χ3n) is 3.86. The molecule has 0 radical (unpaired) electrons. The number of benzene rings is 1. The maximum absolute atomic E-state index is 14.0. The van der Waals surface area contributed by atoms with Crippen molar-refractivity contribution in [1.29, 1.82) is 0 Å². The topological polar surface area (TPSA) is 53.3 Å². The molecule has 1 atom stereocenters. The van der Waals surface area contributed by atoms with Crippen LogP contribution in [0.25, 0.3) is 0 Å². The summed E-state index contributed by atoms with van der Waals surface area (Å²) in [4.78, 5) is 16.0. The van der Waals surface area contributed by atoms with Crippen LogP contribution in [-0.4, -0.2) is 34.3 Å². The molecule has 5 nitrogen and oxygen atoms in total. The minimum absolute atomic E-state index is 0.110. The molecule has 1 aliphatic rings. The zero-order valence-electron chi connectivity index (χ0n) is 12.5. The smallest absolute Gasteiger partial charge is 0.361 e. The second-order valence-corrected chi connectivity index (χ2v) is 5.40. The Morgan fingerprint density at radius 1 is 1.48 bits per heavy atom. The zero-order chi connectivity index (χ0) is 16.4. The van der Waals surface area contributed by atoms with Gasteiger partial charge in [-0.15, -0.1) is 6.42 Å². The van der Waals surface area contributed by atoms with Gasteiger partial charge in [-0.1, -0.05) is 36.3 Å². The van der Waals surface area contributed by atoms with Gasteiger partial charge < -0.3 is 14.0 Å². The van der Waals surface area contributed by atoms with E-state index >= 15 is 0 Å². The predicted molar refractivity (Wildman–Crippen MR) is 80.2 cm³/mol. The van der Waals surface area contributed by atoms with Crippen molar-refractivity contribution >= 4 is 5.97 Å². The van der Waals surface area contributed by atoms with E-state index < -0.39 is 17.5 Å². The molecular weight excluding hydrogens is 299 g/mol. The first kappa shape index (κ1) is 15.3. The zero-order valence-corrected chi connectivity index (χ0v) is 12.5. The van der Waals surface area contributed by atoms with E-state index in [0.717, 1.165) is 5.56 Å². The number of esters is 1. The van der Waals surface area contributed by atoms with Gasteiger partial charge in [-0.05, 0) is 12.5 Å². The highest BCUT2D eigenvalue weighted by Gasteiger charge is 2.42. The molecule has 1 fully saturated rings. The first-order valence-electron chi connectivity index (χ1n) is 7.12. The van der Waals surface area contributed by atoms with Gasteiger partial charge in [-0.3, -0.25) is 0 Å². The number of aromatic nitrogens is 2. The summed E-state index contributed by atoms with van der Waals surface area (Å²) in [6, 6.07) is 9.12. The Hall–Kier alpha value is -2.65. The summed E-state index contributed by atoms with van der Waals surface area (Å²) in [5.41, 5.74) is -0.449. The van der Waals surface area contributed by atoms with E-state index in [-0.39, 0.29) is 24.9 Å². The summed E-state index contributed by atoms with van der Waals surface area (Å²) in [6.07, 6.45) is 6.66. The van der Waals surface area contributed by atoms with E-state index in [4.69, 9.17) is 15.9 Å². The molecule has 2 heterocycles. The van der Waals surface area contributed by atoms with Crippen molar-refractivity contribution in [3.63, 3.8) is 0 Å². The number of carbonyl (C=O) groups is 1. The van der Waals surface area contributed by atoms with Crippen molar-refractivity contribution in [3.8, 4) is 12.3 Å². The monoisotopic (exact) mass is 314 g/mol. The fourth-order valence-electron chi connectivity index (χ4n) is 2.40. The van der Waals surface area contributed by atoms with Gasteiger partial charge in [0.2, 0.25) is 11.5 Å². The lowest BCUT2D eigenvalue weighted by atomic mass is 10.0. The Morgan fingerprint density at radius 3 is 2.74 bits per heavy atom. The first-order chi connectivity index (χ1) is 11.1. The highest BCUT2D eigenvalue weighted by molar-refractivity contribution is 5.88. The minimum Gasteiger partial charge on any atom is -0.436 e. The molecule has 0 bridgehead atoms. The van der Waals surface area contributed by atoms with Crippen molar-refractivity contribution in [2.75, 3.05) is 13.2 Å². The molecule has 23 heavy (non-hydrogen) atoms. The largest absolute Gasteiger partial charge is 0.436 e. The molecule has 2 aromatic rings. The Bertz CT molecular complexity index is 760. The van der Waals surface area contributed by atoms with Crippen LogP contribution in [0, 0.1) is 18.3 Å². The predicted octanol–water partition coefficient (Wildman–Crippen LogP) is 2.19. The molecule has 0 saturated carbocycles. The van der Waals surface area contributed by atoms with Gasteiger partial charge in [0.1, 0.15) is 13.2 Å². The number of carbonyl (C=O) groups excluding carboxylic acids is 1. The number of rotatable bonds is 4. The Kier molecular flexibility index (Phi) is 3.89. The van der Waals surface area contributed by atoms with Crippen molar-refractivity contribution in [2.24, 2.45) is 0 Å². The number of terminal acetylenes is 1. The molecule has 0 N–H and O–H groups in total.